The first kappa shape index (κ1) is 41.0. The lowest BCUT2D eigenvalue weighted by Gasteiger charge is -2.16. The molecule has 1 aromatic heterocycles. The highest BCUT2D eigenvalue weighted by molar-refractivity contribution is 6.10. The van der Waals surface area contributed by atoms with Crippen LogP contribution in [-0.2, 0) is 4.79 Å². The van der Waals surface area contributed by atoms with Crippen LogP contribution in [0, 0.1) is 0 Å². The molecule has 0 aliphatic rings. The highest BCUT2D eigenvalue weighted by Gasteiger charge is 2.24. The first-order valence-corrected chi connectivity index (χ1v) is 17.6. The lowest BCUT2D eigenvalue weighted by molar-refractivity contribution is -0.115. The summed E-state index contributed by atoms with van der Waals surface area (Å²) in [6.07, 6.45) is 1.21. The van der Waals surface area contributed by atoms with Crippen LogP contribution in [0.25, 0.3) is 10.8 Å². The molecule has 0 saturated carbocycles. The Hall–Kier alpha value is -8.67. The number of amides is 5. The molecular weight excluding hydrogens is 780 g/mol. The smallest absolute Gasteiger partial charge is 0.339 e. The van der Waals surface area contributed by atoms with Gasteiger partial charge in [-0.25, -0.2) is 9.78 Å². The summed E-state index contributed by atoms with van der Waals surface area (Å²) in [4.78, 5) is 79.6. The van der Waals surface area contributed by atoms with E-state index in [1.54, 1.807) is 42.5 Å². The molecule has 304 valence electrons. The molecule has 6 aromatic rings. The van der Waals surface area contributed by atoms with Crippen LogP contribution in [-0.4, -0.2) is 81.7 Å². The molecule has 60 heavy (non-hydrogen) atoms. The second-order valence-electron chi connectivity index (χ2n) is 12.7. The number of phenolic OH excluding ortho intramolecular Hbond substituents is 2. The van der Waals surface area contributed by atoms with Crippen molar-refractivity contribution in [2.45, 2.75) is 0 Å². The quantitative estimate of drug-likeness (QED) is 0.0727. The Balaban J connectivity index is 0.998. The summed E-state index contributed by atoms with van der Waals surface area (Å²) in [5.41, 5.74) is 0.306. The molecule has 0 atom stereocenters. The molecule has 6 rings (SSSR count). The van der Waals surface area contributed by atoms with Crippen molar-refractivity contribution in [2.75, 3.05) is 42.0 Å². The second kappa shape index (κ2) is 17.6. The van der Waals surface area contributed by atoms with Crippen molar-refractivity contribution in [2.24, 2.45) is 0 Å². The maximum atomic E-state index is 13.1. The number of aromatic hydroxyl groups is 3. The Labute approximate surface area is 339 Å². The fraction of sp³-hybridized carbons (Fsp3) is 0.0714. The molecule has 0 aliphatic carbocycles. The Bertz CT molecular complexity index is 2680. The molecule has 0 bridgehead atoms. The molecule has 0 unspecified atom stereocenters. The summed E-state index contributed by atoms with van der Waals surface area (Å²) in [6, 6.07) is 23.4. The lowest BCUT2D eigenvalue weighted by Crippen LogP contribution is -2.32. The van der Waals surface area contributed by atoms with E-state index in [4.69, 9.17) is 9.47 Å². The number of fused-ring (bicyclic) bond motifs is 1. The fourth-order valence-electron chi connectivity index (χ4n) is 5.84. The molecule has 0 saturated heterocycles. The number of carbonyl (C=O) groups excluding carboxylic acids is 5. The van der Waals surface area contributed by atoms with E-state index < -0.39 is 53.2 Å². The number of nitrogens with one attached hydrogen (secondary N) is 5. The zero-order valence-electron chi connectivity index (χ0n) is 31.5. The van der Waals surface area contributed by atoms with E-state index in [0.717, 1.165) is 23.9 Å². The number of carbonyl (C=O) groups is 6. The van der Waals surface area contributed by atoms with Gasteiger partial charge in [-0.15, -0.1) is 0 Å². The second-order valence-corrected chi connectivity index (χ2v) is 12.7. The third-order valence-corrected chi connectivity index (χ3v) is 8.82. The molecule has 5 aromatic carbocycles. The number of hydrogen-bond acceptors (Lipinski definition) is 12. The number of aromatic nitrogens is 1. The van der Waals surface area contributed by atoms with Crippen molar-refractivity contribution in [3.8, 4) is 28.7 Å². The van der Waals surface area contributed by atoms with Gasteiger partial charge in [-0.1, -0.05) is 12.1 Å². The molecule has 18 nitrogen and oxygen atoms in total. The van der Waals surface area contributed by atoms with Gasteiger partial charge in [0.1, 0.15) is 17.0 Å². The van der Waals surface area contributed by atoms with Crippen LogP contribution in [0.3, 0.4) is 0 Å². The van der Waals surface area contributed by atoms with E-state index in [2.05, 4.69) is 31.6 Å². The molecule has 18 heteroatoms. The number of carboxylic acids is 1. The van der Waals surface area contributed by atoms with Gasteiger partial charge in [0, 0.05) is 16.8 Å². The van der Waals surface area contributed by atoms with E-state index in [9.17, 15) is 49.2 Å². The average molecular weight is 815 g/mol. The molecule has 0 spiro atoms. The minimum atomic E-state index is -1.42. The minimum absolute atomic E-state index is 0.0314. The lowest BCUT2D eigenvalue weighted by atomic mass is 10.1. The van der Waals surface area contributed by atoms with Crippen LogP contribution in [0.1, 0.15) is 51.9 Å². The number of benzene rings is 5. The summed E-state index contributed by atoms with van der Waals surface area (Å²) >= 11 is 0. The molecule has 5 amide bonds. The normalized spacial score (nSPS) is 10.6. The van der Waals surface area contributed by atoms with Gasteiger partial charge in [0.2, 0.25) is 5.91 Å². The van der Waals surface area contributed by atoms with E-state index in [1.165, 1.54) is 61.8 Å². The Morgan fingerprint density at radius 3 is 1.78 bits per heavy atom. The van der Waals surface area contributed by atoms with Gasteiger partial charge in [-0.3, -0.25) is 24.0 Å². The molecule has 0 fully saturated rings. The molecule has 0 radical (unpaired) electrons. The summed E-state index contributed by atoms with van der Waals surface area (Å²) in [6.45, 7) is -0.399. The van der Waals surface area contributed by atoms with Gasteiger partial charge >= 0.3 is 5.97 Å². The summed E-state index contributed by atoms with van der Waals surface area (Å²) in [7, 11) is 2.35. The Kier molecular flexibility index (Phi) is 12.0. The number of carboxylic acid groups (broad SMARTS) is 1. The molecular formula is C42H34N6O12. The fourth-order valence-corrected chi connectivity index (χ4v) is 5.84. The number of phenols is 3. The highest BCUT2D eigenvalue weighted by Crippen LogP contribution is 2.40. The average Bonchev–Trinajstić information content (AvgIpc) is 3.23. The van der Waals surface area contributed by atoms with Gasteiger partial charge in [0.05, 0.1) is 49.6 Å². The van der Waals surface area contributed by atoms with Crippen molar-refractivity contribution in [1.29, 1.82) is 0 Å². The number of pyridine rings is 1. The number of nitrogens with zero attached hydrogens (tertiary/aromatic N) is 1. The molecule has 0 aliphatic heterocycles. The first-order chi connectivity index (χ1) is 28.8. The summed E-state index contributed by atoms with van der Waals surface area (Å²) in [5.74, 6) is -6.40. The highest BCUT2D eigenvalue weighted by atomic mass is 16.5. The van der Waals surface area contributed by atoms with E-state index in [-0.39, 0.29) is 57.0 Å². The molecule has 1 heterocycles. The minimum Gasteiger partial charge on any atom is -0.508 e. The zero-order valence-corrected chi connectivity index (χ0v) is 31.5. The van der Waals surface area contributed by atoms with Gasteiger partial charge in [-0.05, 0) is 95.7 Å². The third kappa shape index (κ3) is 9.13. The number of rotatable bonds is 13. The standard InChI is InChI=1S/C42H34N6O12/c1-59-36-31(15-12-28(34(36)51)40(55)47-30-16-13-29(42(57)58)35(52)37(30)60-2)48-41(56)32-14-10-26(19-43-32)45-33(50)20-44-38(53)21-5-8-25(9-6-21)46-39(54)24-4-3-23-18-27(49)11-7-22(23)17-24/h3-19,49,51-52H,20H2,1-2H3,(H,44,53)(H,45,50)(H,46,54)(H,47,55)(H,48,56)(H,57,58). The third-order valence-electron chi connectivity index (χ3n) is 8.82. The Morgan fingerprint density at radius 1 is 0.567 bits per heavy atom. The van der Waals surface area contributed by atoms with Gasteiger partial charge < -0.3 is 56.5 Å². The maximum Gasteiger partial charge on any atom is 0.339 e. The molecule has 9 N–H and O–H groups in total. The number of anilines is 4. The number of ether oxygens (including phenoxy) is 2. The van der Waals surface area contributed by atoms with E-state index >= 15 is 0 Å². The Morgan fingerprint density at radius 2 is 1.15 bits per heavy atom. The van der Waals surface area contributed by atoms with E-state index in [0.29, 0.717) is 11.3 Å². The number of hydrogen-bond donors (Lipinski definition) is 9. The van der Waals surface area contributed by atoms with Crippen LogP contribution < -0.4 is 36.1 Å². The van der Waals surface area contributed by atoms with Crippen LogP contribution in [0.15, 0.2) is 103 Å². The van der Waals surface area contributed by atoms with Crippen LogP contribution in [0.5, 0.6) is 28.7 Å². The van der Waals surface area contributed by atoms with Crippen molar-refractivity contribution < 1.29 is 58.7 Å². The number of aromatic carboxylic acids is 1. The van der Waals surface area contributed by atoms with Gasteiger partial charge in [0.25, 0.3) is 23.6 Å². The first-order valence-electron chi connectivity index (χ1n) is 17.6. The van der Waals surface area contributed by atoms with Crippen LogP contribution in [0.2, 0.25) is 0 Å². The van der Waals surface area contributed by atoms with Gasteiger partial charge in [0.15, 0.2) is 23.0 Å². The summed E-state index contributed by atoms with van der Waals surface area (Å²) < 4.78 is 10.3. The SMILES string of the molecule is COc1c(NC(=O)c2ccc(NC(=O)c3ccc(NC(=O)CNC(=O)c4ccc(NC(=O)c5ccc6cc(O)ccc6c5)cc4)cn3)c(OC)c2O)ccc(C(=O)O)c1O. The largest absolute Gasteiger partial charge is 0.508 e. The zero-order chi connectivity index (χ0) is 43.1. The topological polar surface area (TPSA) is 275 Å². The van der Waals surface area contributed by atoms with E-state index in [1.807, 2.05) is 0 Å². The number of methoxy groups -OCH3 is 2. The predicted molar refractivity (Wildman–Crippen MR) is 217 cm³/mol. The monoisotopic (exact) mass is 814 g/mol. The van der Waals surface area contributed by atoms with Crippen molar-refractivity contribution in [3.63, 3.8) is 0 Å². The van der Waals surface area contributed by atoms with Crippen LogP contribution >= 0.6 is 0 Å². The van der Waals surface area contributed by atoms with Crippen molar-refractivity contribution in [1.82, 2.24) is 10.3 Å². The van der Waals surface area contributed by atoms with Crippen molar-refractivity contribution in [3.05, 3.63) is 131 Å². The van der Waals surface area contributed by atoms with Crippen molar-refractivity contribution >= 4 is 69.0 Å². The van der Waals surface area contributed by atoms with Gasteiger partial charge in [-0.2, -0.15) is 0 Å². The maximum absolute atomic E-state index is 13.1. The predicted octanol–water partition coefficient (Wildman–Crippen LogP) is 5.19. The van der Waals surface area contributed by atoms with Crippen LogP contribution in [0.4, 0.5) is 22.7 Å². The summed E-state index contributed by atoms with van der Waals surface area (Å²) in [5, 5.41) is 54.3.